The lowest BCUT2D eigenvalue weighted by Crippen LogP contribution is -2.51. The van der Waals surface area contributed by atoms with Gasteiger partial charge in [-0.2, -0.15) is 0 Å². The minimum Gasteiger partial charge on any atom is -0.353 e. The van der Waals surface area contributed by atoms with Gasteiger partial charge in [0.25, 0.3) is 0 Å². The lowest BCUT2D eigenvalue weighted by atomic mass is 10.1. The highest BCUT2D eigenvalue weighted by molar-refractivity contribution is 8.13. The Morgan fingerprint density at radius 1 is 1.16 bits per heavy atom. The van der Waals surface area contributed by atoms with Crippen LogP contribution in [0.3, 0.4) is 0 Å². The van der Waals surface area contributed by atoms with Crippen LogP contribution in [-0.2, 0) is 24.4 Å². The van der Waals surface area contributed by atoms with Crippen LogP contribution in [0.4, 0.5) is 5.69 Å². The summed E-state index contributed by atoms with van der Waals surface area (Å²) in [6, 6.07) is 6.64. The van der Waals surface area contributed by atoms with Gasteiger partial charge in [0.15, 0.2) is 0 Å². The third kappa shape index (κ3) is 3.68. The third-order valence-corrected chi connectivity index (χ3v) is 3.59. The summed E-state index contributed by atoms with van der Waals surface area (Å²) in [6.45, 7) is 0.0101. The fourth-order valence-electron chi connectivity index (χ4n) is 1.93. The fraction of sp³-hybridized carbons (Fsp3) is 0.273. The van der Waals surface area contributed by atoms with Gasteiger partial charge in [-0.15, -0.1) is 0 Å². The van der Waals surface area contributed by atoms with E-state index >= 15 is 0 Å². The SMILES string of the molecule is O=C1CN(c2ccccc2CS(=O)(=O)Cl)CC(=O)N1. The molecule has 2 rings (SSSR count). The van der Waals surface area contributed by atoms with E-state index < -0.39 is 20.9 Å². The molecule has 6 nitrogen and oxygen atoms in total. The van der Waals surface area contributed by atoms with E-state index in [1.54, 1.807) is 24.3 Å². The summed E-state index contributed by atoms with van der Waals surface area (Å²) in [7, 11) is 1.54. The minimum atomic E-state index is -3.71. The molecule has 102 valence electrons. The van der Waals surface area contributed by atoms with Gasteiger partial charge in [-0.25, -0.2) is 8.42 Å². The number of hydrogen-bond donors (Lipinski definition) is 1. The first-order valence-electron chi connectivity index (χ1n) is 5.43. The van der Waals surface area contributed by atoms with E-state index in [0.717, 1.165) is 0 Å². The normalized spacial score (nSPS) is 16.4. The van der Waals surface area contributed by atoms with Crippen LogP contribution in [0.1, 0.15) is 5.56 Å². The summed E-state index contributed by atoms with van der Waals surface area (Å²) < 4.78 is 22.3. The fourth-order valence-corrected chi connectivity index (χ4v) is 2.90. The Kier molecular flexibility index (Phi) is 3.77. The van der Waals surface area contributed by atoms with Crippen molar-refractivity contribution >= 4 is 37.2 Å². The number of anilines is 1. The highest BCUT2D eigenvalue weighted by atomic mass is 35.7. The van der Waals surface area contributed by atoms with Crippen LogP contribution in [-0.4, -0.2) is 33.3 Å². The number of carbonyl (C=O) groups is 2. The number of hydrogen-bond acceptors (Lipinski definition) is 5. The van der Waals surface area contributed by atoms with Gasteiger partial charge in [-0.05, 0) is 11.6 Å². The van der Waals surface area contributed by atoms with Crippen molar-refractivity contribution in [1.82, 2.24) is 5.32 Å². The third-order valence-electron chi connectivity index (χ3n) is 2.61. The molecule has 8 heteroatoms. The molecule has 0 aliphatic carbocycles. The molecule has 0 aromatic heterocycles. The number of para-hydroxylation sites is 1. The Labute approximate surface area is 114 Å². The monoisotopic (exact) mass is 302 g/mol. The molecular formula is C11H11ClN2O4S. The molecule has 0 bridgehead atoms. The van der Waals surface area contributed by atoms with Crippen molar-refractivity contribution in [3.8, 4) is 0 Å². The second kappa shape index (κ2) is 5.18. The molecule has 19 heavy (non-hydrogen) atoms. The molecule has 0 atom stereocenters. The van der Waals surface area contributed by atoms with Crippen molar-refractivity contribution in [1.29, 1.82) is 0 Å². The largest absolute Gasteiger partial charge is 0.353 e. The van der Waals surface area contributed by atoms with Gasteiger partial charge >= 0.3 is 0 Å². The maximum Gasteiger partial charge on any atom is 0.246 e. The van der Waals surface area contributed by atoms with Crippen LogP contribution in [0.5, 0.6) is 0 Å². The summed E-state index contributed by atoms with van der Waals surface area (Å²) in [5.74, 6) is -1.18. The predicted octanol–water partition coefficient (Wildman–Crippen LogP) is 0.218. The number of halogens is 1. The smallest absolute Gasteiger partial charge is 0.246 e. The first kappa shape index (κ1) is 13.8. The molecule has 1 N–H and O–H groups in total. The maximum atomic E-state index is 11.3. The number of rotatable bonds is 3. The van der Waals surface area contributed by atoms with Gasteiger partial charge in [0, 0.05) is 16.4 Å². The average Bonchev–Trinajstić information content (AvgIpc) is 2.26. The molecule has 1 saturated heterocycles. The Bertz CT molecular complexity index is 613. The Morgan fingerprint density at radius 3 is 2.32 bits per heavy atom. The van der Waals surface area contributed by atoms with Gasteiger partial charge in [0.1, 0.15) is 0 Å². The predicted molar refractivity (Wildman–Crippen MR) is 70.3 cm³/mol. The van der Waals surface area contributed by atoms with Crippen LogP contribution in [0.15, 0.2) is 24.3 Å². The number of carbonyl (C=O) groups excluding carboxylic acids is 2. The summed E-state index contributed by atoms with van der Waals surface area (Å²) in [4.78, 5) is 24.2. The zero-order valence-corrected chi connectivity index (χ0v) is 11.4. The van der Waals surface area contributed by atoms with Crippen LogP contribution >= 0.6 is 10.7 Å². The molecule has 1 aromatic rings. The van der Waals surface area contributed by atoms with Crippen LogP contribution in [0.25, 0.3) is 0 Å². The first-order valence-corrected chi connectivity index (χ1v) is 7.91. The van der Waals surface area contributed by atoms with Gasteiger partial charge in [0.05, 0.1) is 18.8 Å². The van der Waals surface area contributed by atoms with E-state index in [4.69, 9.17) is 10.7 Å². The van der Waals surface area contributed by atoms with Crippen molar-refractivity contribution in [2.75, 3.05) is 18.0 Å². The number of amides is 2. The molecule has 0 spiro atoms. The zero-order valence-electron chi connectivity index (χ0n) is 9.80. The van der Waals surface area contributed by atoms with E-state index in [-0.39, 0.29) is 18.8 Å². The number of nitrogens with zero attached hydrogens (tertiary/aromatic N) is 1. The number of piperazine rings is 1. The Balaban J connectivity index is 2.34. The number of nitrogens with one attached hydrogen (secondary N) is 1. The van der Waals surface area contributed by atoms with E-state index in [1.807, 2.05) is 0 Å². The van der Waals surface area contributed by atoms with Crippen molar-refractivity contribution in [3.63, 3.8) is 0 Å². The first-order chi connectivity index (χ1) is 8.85. The highest BCUT2D eigenvalue weighted by Crippen LogP contribution is 2.24. The Hall–Kier alpha value is -1.60. The van der Waals surface area contributed by atoms with E-state index in [1.165, 1.54) is 4.90 Å². The van der Waals surface area contributed by atoms with Gasteiger partial charge in [0.2, 0.25) is 20.9 Å². The number of benzene rings is 1. The van der Waals surface area contributed by atoms with E-state index in [0.29, 0.717) is 11.3 Å². The Morgan fingerprint density at radius 2 is 1.74 bits per heavy atom. The van der Waals surface area contributed by atoms with Crippen molar-refractivity contribution in [2.45, 2.75) is 5.75 Å². The van der Waals surface area contributed by atoms with E-state index in [2.05, 4.69) is 5.32 Å². The molecule has 1 aliphatic heterocycles. The van der Waals surface area contributed by atoms with Crippen molar-refractivity contribution < 1.29 is 18.0 Å². The van der Waals surface area contributed by atoms with Gasteiger partial charge < -0.3 is 4.90 Å². The lowest BCUT2D eigenvalue weighted by molar-refractivity contribution is -0.130. The quantitative estimate of drug-likeness (QED) is 0.638. The molecule has 1 aliphatic rings. The van der Waals surface area contributed by atoms with Gasteiger partial charge in [-0.3, -0.25) is 14.9 Å². The molecule has 0 saturated carbocycles. The molecule has 0 radical (unpaired) electrons. The van der Waals surface area contributed by atoms with Crippen LogP contribution in [0, 0.1) is 0 Å². The topological polar surface area (TPSA) is 83.6 Å². The highest BCUT2D eigenvalue weighted by Gasteiger charge is 2.24. The van der Waals surface area contributed by atoms with Gasteiger partial charge in [-0.1, -0.05) is 18.2 Å². The second-order valence-electron chi connectivity index (χ2n) is 4.14. The van der Waals surface area contributed by atoms with Crippen molar-refractivity contribution in [3.05, 3.63) is 29.8 Å². The standard InChI is InChI=1S/C11H11ClN2O4S/c12-19(17,18)7-8-3-1-2-4-9(8)14-5-10(15)13-11(16)6-14/h1-4H,5-7H2,(H,13,15,16). The summed E-state index contributed by atoms with van der Waals surface area (Å²) >= 11 is 0. The van der Waals surface area contributed by atoms with Crippen LogP contribution in [0.2, 0.25) is 0 Å². The minimum absolute atomic E-state index is 0.00505. The molecule has 1 aromatic carbocycles. The second-order valence-corrected chi connectivity index (χ2v) is 6.92. The number of imide groups is 1. The average molecular weight is 303 g/mol. The molecule has 1 heterocycles. The van der Waals surface area contributed by atoms with Crippen molar-refractivity contribution in [2.24, 2.45) is 0 Å². The molecule has 1 fully saturated rings. The molecule has 2 amide bonds. The summed E-state index contributed by atoms with van der Waals surface area (Å²) in [5, 5.41) is 2.18. The lowest BCUT2D eigenvalue weighted by Gasteiger charge is -2.29. The summed E-state index contributed by atoms with van der Waals surface area (Å²) in [5.41, 5.74) is 0.981. The zero-order chi connectivity index (χ0) is 14.0. The van der Waals surface area contributed by atoms with Crippen LogP contribution < -0.4 is 10.2 Å². The maximum absolute atomic E-state index is 11.3. The summed E-state index contributed by atoms with van der Waals surface area (Å²) in [6.07, 6.45) is 0. The molecular weight excluding hydrogens is 292 g/mol. The van der Waals surface area contributed by atoms with E-state index in [9.17, 15) is 18.0 Å². The molecule has 0 unspecified atom stereocenters.